The summed E-state index contributed by atoms with van der Waals surface area (Å²) >= 11 is 0. The fourth-order valence-corrected chi connectivity index (χ4v) is 4.61. The van der Waals surface area contributed by atoms with Gasteiger partial charge in [0.15, 0.2) is 0 Å². The van der Waals surface area contributed by atoms with Gasteiger partial charge in [0, 0.05) is 35.8 Å². The topological polar surface area (TPSA) is 35.9 Å². The van der Waals surface area contributed by atoms with E-state index in [0.717, 1.165) is 39.7 Å². The van der Waals surface area contributed by atoms with E-state index in [4.69, 9.17) is 4.74 Å². The Kier molecular flexibility index (Phi) is 6.88. The molecule has 0 aliphatic carbocycles. The maximum atomic E-state index is 10.2. The molecule has 1 aromatic carbocycles. The molecule has 0 aromatic heterocycles. The summed E-state index contributed by atoms with van der Waals surface area (Å²) in [4.78, 5) is 4.66. The number of aliphatic hydroxyl groups is 1. The smallest absolute Gasteiger partial charge is 0.127 e. The molecule has 178 valence electrons. The first-order chi connectivity index (χ1) is 15.3. The molecule has 0 radical (unpaired) electrons. The van der Waals surface area contributed by atoms with Gasteiger partial charge in [-0.25, -0.2) is 0 Å². The summed E-state index contributed by atoms with van der Waals surface area (Å²) in [5.74, 6) is 1.42. The van der Waals surface area contributed by atoms with Crippen LogP contribution in [0.2, 0.25) is 0 Å². The molecule has 0 saturated carbocycles. The summed E-state index contributed by atoms with van der Waals surface area (Å²) in [6.45, 7) is 24.9. The summed E-state index contributed by atoms with van der Waals surface area (Å²) < 4.78 is 6.25. The third-order valence-corrected chi connectivity index (χ3v) is 6.27. The molecule has 1 fully saturated rings. The Morgan fingerprint density at radius 3 is 2.45 bits per heavy atom. The van der Waals surface area contributed by atoms with E-state index in [1.807, 2.05) is 6.20 Å². The number of fused-ring (bicyclic) bond motifs is 1. The zero-order chi connectivity index (χ0) is 24.7. The first-order valence-electron chi connectivity index (χ1n) is 11.8. The van der Waals surface area contributed by atoms with Crippen molar-refractivity contribution in [2.75, 3.05) is 20.2 Å². The summed E-state index contributed by atoms with van der Waals surface area (Å²) in [6.07, 6.45) is 4.10. The van der Waals surface area contributed by atoms with Crippen molar-refractivity contribution in [2.45, 2.75) is 54.5 Å². The van der Waals surface area contributed by atoms with Gasteiger partial charge in [-0.3, -0.25) is 0 Å². The van der Waals surface area contributed by atoms with Gasteiger partial charge in [0.25, 0.3) is 0 Å². The van der Waals surface area contributed by atoms with Crippen LogP contribution in [-0.4, -0.2) is 41.1 Å². The number of hydrogen-bond acceptors (Lipinski definition) is 4. The lowest BCUT2D eigenvalue weighted by Gasteiger charge is -2.50. The van der Waals surface area contributed by atoms with E-state index >= 15 is 0 Å². The molecule has 1 saturated heterocycles. The standard InChI is InChI=1S/C29H40N2O2/c1-18(2)17-33-25-13-11-12-22(27(25)19(3)4)28-24-14-20(5)23(21(6)32)15-31(24)26(16-30(28)10)29(7,8)9/h11-15,18,26,32H,5-6,16-17H2,1-4,7-10H3/b28-22-. The minimum atomic E-state index is 0.0216. The van der Waals surface area contributed by atoms with Crippen LogP contribution in [-0.2, 0) is 0 Å². The van der Waals surface area contributed by atoms with Gasteiger partial charge >= 0.3 is 0 Å². The van der Waals surface area contributed by atoms with Gasteiger partial charge in [-0.05, 0) is 42.9 Å². The molecular weight excluding hydrogens is 408 g/mol. The zero-order valence-corrected chi connectivity index (χ0v) is 21.6. The fourth-order valence-electron chi connectivity index (χ4n) is 4.61. The molecule has 4 nitrogen and oxygen atoms in total. The van der Waals surface area contributed by atoms with Crippen LogP contribution in [0.1, 0.15) is 48.5 Å². The number of piperazine rings is 1. The molecule has 2 aliphatic rings. The van der Waals surface area contributed by atoms with Crippen LogP contribution in [0.3, 0.4) is 0 Å². The van der Waals surface area contributed by atoms with Crippen LogP contribution < -0.4 is 15.2 Å². The van der Waals surface area contributed by atoms with Gasteiger partial charge in [0.1, 0.15) is 11.5 Å². The van der Waals surface area contributed by atoms with E-state index in [1.165, 1.54) is 5.57 Å². The number of ether oxygens (including phenoxy) is 1. The molecule has 0 spiro atoms. The first kappa shape index (κ1) is 24.8. The highest BCUT2D eigenvalue weighted by atomic mass is 16.5. The Hall–Kier alpha value is -2.88. The molecule has 4 heteroatoms. The predicted octanol–water partition coefficient (Wildman–Crippen LogP) is 5.09. The van der Waals surface area contributed by atoms with Gasteiger partial charge in [-0.1, -0.05) is 65.5 Å². The van der Waals surface area contributed by atoms with Gasteiger partial charge < -0.3 is 19.6 Å². The molecule has 1 unspecified atom stereocenters. The van der Waals surface area contributed by atoms with E-state index in [1.54, 1.807) is 0 Å². The number of rotatable bonds is 4. The molecule has 1 aromatic rings. The third-order valence-electron chi connectivity index (χ3n) is 6.27. The highest BCUT2D eigenvalue weighted by Crippen LogP contribution is 2.40. The molecule has 1 N–H and O–H groups in total. The van der Waals surface area contributed by atoms with E-state index in [2.05, 4.69) is 103 Å². The summed E-state index contributed by atoms with van der Waals surface area (Å²) in [5.41, 5.74) is 4.91. The van der Waals surface area contributed by atoms with Gasteiger partial charge in [0.2, 0.25) is 0 Å². The van der Waals surface area contributed by atoms with Crippen LogP contribution in [0.5, 0.6) is 5.75 Å². The van der Waals surface area contributed by atoms with Crippen molar-refractivity contribution in [2.24, 2.45) is 11.3 Å². The number of allylic oxidation sites excluding steroid dienone is 2. The second-order valence-electron chi connectivity index (χ2n) is 10.9. The Morgan fingerprint density at radius 1 is 1.24 bits per heavy atom. The van der Waals surface area contributed by atoms with Crippen LogP contribution in [0.4, 0.5) is 0 Å². The minimum absolute atomic E-state index is 0.0216. The monoisotopic (exact) mass is 448 g/mol. The Labute approximate surface area is 199 Å². The van der Waals surface area contributed by atoms with Crippen LogP contribution in [0.25, 0.3) is 11.3 Å². The highest BCUT2D eigenvalue weighted by molar-refractivity contribution is 5.70. The predicted molar refractivity (Wildman–Crippen MR) is 139 cm³/mol. The van der Waals surface area contributed by atoms with E-state index in [-0.39, 0.29) is 17.2 Å². The molecular formula is C29H40N2O2. The average Bonchev–Trinajstić information content (AvgIpc) is 2.69. The summed E-state index contributed by atoms with van der Waals surface area (Å²) in [6, 6.07) is 6.54. The van der Waals surface area contributed by atoms with Crippen molar-refractivity contribution in [3.63, 3.8) is 0 Å². The van der Waals surface area contributed by atoms with Crippen molar-refractivity contribution >= 4 is 11.3 Å². The molecule has 1 atom stereocenters. The Balaban J connectivity index is 2.34. The van der Waals surface area contributed by atoms with Crippen LogP contribution in [0.15, 0.2) is 66.2 Å². The lowest BCUT2D eigenvalue weighted by molar-refractivity contribution is 0.129. The second-order valence-corrected chi connectivity index (χ2v) is 10.9. The van der Waals surface area contributed by atoms with Gasteiger partial charge in [-0.15, -0.1) is 0 Å². The molecule has 33 heavy (non-hydrogen) atoms. The van der Waals surface area contributed by atoms with Crippen molar-refractivity contribution in [1.82, 2.24) is 9.80 Å². The van der Waals surface area contributed by atoms with Crippen molar-refractivity contribution in [3.05, 3.63) is 76.7 Å². The molecule has 2 aliphatic heterocycles. The van der Waals surface area contributed by atoms with Crippen LogP contribution >= 0.6 is 0 Å². The molecule has 0 bridgehead atoms. The lowest BCUT2D eigenvalue weighted by atomic mass is 9.82. The minimum Gasteiger partial charge on any atom is -0.508 e. The number of nitrogens with zero attached hydrogens (tertiary/aromatic N) is 2. The average molecular weight is 449 g/mol. The number of likely N-dealkylation sites (N-methyl/N-ethyl adjacent to an activating group) is 1. The summed E-state index contributed by atoms with van der Waals surface area (Å²) in [7, 11) is 2.16. The van der Waals surface area contributed by atoms with E-state index in [0.29, 0.717) is 18.1 Å². The molecule has 3 rings (SSSR count). The highest BCUT2D eigenvalue weighted by Gasteiger charge is 2.40. The number of hydrogen-bond donors (Lipinski definition) is 1. The number of benzene rings is 1. The quantitative estimate of drug-likeness (QED) is 0.651. The van der Waals surface area contributed by atoms with E-state index < -0.39 is 0 Å². The lowest BCUT2D eigenvalue weighted by Crippen LogP contribution is -2.55. The Morgan fingerprint density at radius 2 is 1.91 bits per heavy atom. The molecule has 0 amide bonds. The second kappa shape index (κ2) is 9.17. The normalized spacial score (nSPS) is 20.4. The van der Waals surface area contributed by atoms with Crippen molar-refractivity contribution in [3.8, 4) is 5.75 Å². The molecule has 2 heterocycles. The van der Waals surface area contributed by atoms with Crippen LogP contribution in [0, 0.1) is 11.3 Å². The maximum absolute atomic E-state index is 10.2. The van der Waals surface area contributed by atoms with Crippen molar-refractivity contribution in [1.29, 1.82) is 0 Å². The fraction of sp³-hybridized carbons (Fsp3) is 0.448. The largest absolute Gasteiger partial charge is 0.508 e. The summed E-state index contributed by atoms with van der Waals surface area (Å²) in [5, 5.41) is 12.5. The van der Waals surface area contributed by atoms with E-state index in [9.17, 15) is 5.11 Å². The van der Waals surface area contributed by atoms with Gasteiger partial charge in [-0.2, -0.15) is 0 Å². The SMILES string of the molecule is C=C(O)C1=CN2C(=CC1=C)/C(=c1\cccc(OCC(C)C)c1=C(C)C)N(C)CC2C(C)(C)C. The zero-order valence-electron chi connectivity index (χ0n) is 21.6. The third kappa shape index (κ3) is 4.90. The maximum Gasteiger partial charge on any atom is 0.127 e. The van der Waals surface area contributed by atoms with Crippen molar-refractivity contribution < 1.29 is 9.84 Å². The van der Waals surface area contributed by atoms with Gasteiger partial charge in [0.05, 0.1) is 24.0 Å². The first-order valence-corrected chi connectivity index (χ1v) is 11.8. The Bertz CT molecular complexity index is 1140. The number of aliphatic hydroxyl groups excluding tert-OH is 1.